The van der Waals surface area contributed by atoms with Gasteiger partial charge in [-0.25, -0.2) is 13.4 Å². The molecule has 3 rings (SSSR count). The Kier molecular flexibility index (Phi) is 5.55. The maximum Gasteiger partial charge on any atom is 0.252 e. The monoisotopic (exact) mass is 441 g/mol. The van der Waals surface area contributed by atoms with Crippen molar-refractivity contribution in [2.24, 2.45) is 0 Å². The molecular weight excluding hydrogens is 422 g/mol. The molecule has 0 bridgehead atoms. The summed E-state index contributed by atoms with van der Waals surface area (Å²) in [5.74, 6) is 0.138. The average molecular weight is 442 g/mol. The third-order valence-corrected chi connectivity index (χ3v) is 7.39. The van der Waals surface area contributed by atoms with Crippen molar-refractivity contribution in [1.29, 1.82) is 0 Å². The van der Waals surface area contributed by atoms with E-state index in [9.17, 15) is 13.2 Å². The van der Waals surface area contributed by atoms with Crippen molar-refractivity contribution >= 4 is 55.7 Å². The van der Waals surface area contributed by atoms with E-state index in [0.717, 1.165) is 15.6 Å². The lowest BCUT2D eigenvalue weighted by Gasteiger charge is -2.15. The van der Waals surface area contributed by atoms with Crippen LogP contribution in [0.2, 0.25) is 4.34 Å². The van der Waals surface area contributed by atoms with Gasteiger partial charge in [-0.3, -0.25) is 4.79 Å². The third-order valence-electron chi connectivity index (χ3n) is 3.89. The Bertz CT molecular complexity index is 1130. The highest BCUT2D eigenvalue weighted by Crippen LogP contribution is 2.28. The van der Waals surface area contributed by atoms with E-state index in [1.807, 2.05) is 20.8 Å². The second-order valence-electron chi connectivity index (χ2n) is 7.32. The molecule has 0 saturated carbocycles. The van der Waals surface area contributed by atoms with Crippen LogP contribution in [0.5, 0.6) is 0 Å². The highest BCUT2D eigenvalue weighted by molar-refractivity contribution is 7.91. The second-order valence-corrected chi connectivity index (χ2v) is 11.3. The number of anilines is 1. The maximum atomic E-state index is 12.5. The third kappa shape index (κ3) is 4.38. The van der Waals surface area contributed by atoms with Crippen LogP contribution >= 0.6 is 22.9 Å². The summed E-state index contributed by atoms with van der Waals surface area (Å²) < 4.78 is 32.1. The van der Waals surface area contributed by atoms with E-state index in [-0.39, 0.29) is 16.2 Å². The predicted octanol–water partition coefficient (Wildman–Crippen LogP) is 4.10. The molecule has 0 aliphatic rings. The number of rotatable bonds is 5. The van der Waals surface area contributed by atoms with Gasteiger partial charge in [0, 0.05) is 18.2 Å². The highest BCUT2D eigenvalue weighted by atomic mass is 35.5. The van der Waals surface area contributed by atoms with Crippen LogP contribution in [-0.4, -0.2) is 37.2 Å². The number of oxazole rings is 1. The number of carbonyl (C=O) groups excluding carboxylic acids is 1. The summed E-state index contributed by atoms with van der Waals surface area (Å²) in [5, 5.41) is 2.69. The molecule has 0 radical (unpaired) electrons. The minimum Gasteiger partial charge on any atom is -0.440 e. The normalized spacial score (nSPS) is 12.6. The molecule has 0 unspecified atom stereocenters. The van der Waals surface area contributed by atoms with E-state index < -0.39 is 15.9 Å². The first-order valence-electron chi connectivity index (χ1n) is 8.39. The van der Waals surface area contributed by atoms with Crippen LogP contribution in [0.25, 0.3) is 11.1 Å². The molecule has 3 aromatic rings. The molecule has 1 aromatic carbocycles. The van der Waals surface area contributed by atoms with Crippen LogP contribution in [-0.2, 0) is 20.2 Å². The molecule has 28 heavy (non-hydrogen) atoms. The van der Waals surface area contributed by atoms with Crippen molar-refractivity contribution in [2.75, 3.05) is 18.9 Å². The Labute approximate surface area is 172 Å². The number of nitrogens with zero attached hydrogens (tertiary/aromatic N) is 2. The van der Waals surface area contributed by atoms with E-state index in [4.69, 9.17) is 16.0 Å². The first-order valence-corrected chi connectivity index (χ1v) is 11.0. The molecule has 7 nitrogen and oxygen atoms in total. The minimum atomic E-state index is -3.77. The Morgan fingerprint density at radius 3 is 2.61 bits per heavy atom. The number of fused-ring (bicyclic) bond motifs is 1. The van der Waals surface area contributed by atoms with Gasteiger partial charge < -0.3 is 9.73 Å². The number of likely N-dealkylation sites (N-methyl/N-ethyl adjacent to an activating group) is 1. The van der Waals surface area contributed by atoms with Crippen LogP contribution < -0.4 is 5.32 Å². The standard InChI is InChI=1S/C18H20ClN3O4S2/c1-18(2,3)17-21-12-9-11(5-6-13(12)26-17)20-15(23)10-22(4)28(24,25)16-8-7-14(19)27-16/h5-9H,10H2,1-4H3,(H,20,23). The number of hydrogen-bond acceptors (Lipinski definition) is 6. The zero-order valence-electron chi connectivity index (χ0n) is 15.8. The quantitative estimate of drug-likeness (QED) is 0.643. The van der Waals surface area contributed by atoms with Crippen molar-refractivity contribution in [3.05, 3.63) is 40.6 Å². The number of thiophene rings is 1. The molecule has 0 saturated heterocycles. The van der Waals surface area contributed by atoms with Gasteiger partial charge in [-0.05, 0) is 30.3 Å². The Morgan fingerprint density at radius 2 is 2.00 bits per heavy atom. The van der Waals surface area contributed by atoms with Gasteiger partial charge in [0.25, 0.3) is 10.0 Å². The molecule has 0 aliphatic carbocycles. The van der Waals surface area contributed by atoms with Crippen LogP contribution in [0.15, 0.2) is 39.0 Å². The van der Waals surface area contributed by atoms with E-state index in [2.05, 4.69) is 10.3 Å². The Balaban J connectivity index is 1.72. The van der Waals surface area contributed by atoms with Crippen molar-refractivity contribution in [3.63, 3.8) is 0 Å². The number of amides is 1. The summed E-state index contributed by atoms with van der Waals surface area (Å²) in [6.45, 7) is 5.66. The van der Waals surface area contributed by atoms with E-state index in [0.29, 0.717) is 27.0 Å². The second kappa shape index (κ2) is 7.47. The van der Waals surface area contributed by atoms with Gasteiger partial charge in [-0.2, -0.15) is 4.31 Å². The van der Waals surface area contributed by atoms with Gasteiger partial charge in [0.05, 0.1) is 10.9 Å². The number of hydrogen-bond donors (Lipinski definition) is 1. The summed E-state index contributed by atoms with van der Waals surface area (Å²) in [6.07, 6.45) is 0. The number of sulfonamides is 1. The zero-order valence-corrected chi connectivity index (χ0v) is 18.2. The van der Waals surface area contributed by atoms with Crippen molar-refractivity contribution in [3.8, 4) is 0 Å². The number of halogens is 1. The summed E-state index contributed by atoms with van der Waals surface area (Å²) in [5.41, 5.74) is 1.52. The smallest absolute Gasteiger partial charge is 0.252 e. The topological polar surface area (TPSA) is 92.5 Å². The summed E-state index contributed by atoms with van der Waals surface area (Å²) in [7, 11) is -2.43. The van der Waals surface area contributed by atoms with E-state index in [1.54, 1.807) is 18.2 Å². The molecule has 0 fully saturated rings. The molecule has 1 N–H and O–H groups in total. The van der Waals surface area contributed by atoms with Crippen molar-refractivity contribution in [1.82, 2.24) is 9.29 Å². The fraction of sp³-hybridized carbons (Fsp3) is 0.333. The zero-order chi connectivity index (χ0) is 20.7. The Morgan fingerprint density at radius 1 is 1.29 bits per heavy atom. The van der Waals surface area contributed by atoms with Crippen molar-refractivity contribution in [2.45, 2.75) is 30.4 Å². The molecule has 150 valence electrons. The molecule has 10 heteroatoms. The lowest BCUT2D eigenvalue weighted by Crippen LogP contribution is -2.34. The van der Waals surface area contributed by atoms with Crippen LogP contribution in [0.4, 0.5) is 5.69 Å². The van der Waals surface area contributed by atoms with Crippen LogP contribution in [0.1, 0.15) is 26.7 Å². The molecule has 2 heterocycles. The number of carbonyl (C=O) groups is 1. The van der Waals surface area contributed by atoms with Gasteiger partial charge in [-0.15, -0.1) is 11.3 Å². The van der Waals surface area contributed by atoms with Gasteiger partial charge in [0.2, 0.25) is 11.8 Å². The fourth-order valence-corrected chi connectivity index (χ4v) is 5.22. The van der Waals surface area contributed by atoms with Gasteiger partial charge in [-0.1, -0.05) is 32.4 Å². The average Bonchev–Trinajstić information content (AvgIpc) is 3.20. The van der Waals surface area contributed by atoms with Crippen molar-refractivity contribution < 1.29 is 17.6 Å². The fourth-order valence-electron chi connectivity index (χ4n) is 2.40. The molecule has 0 atom stereocenters. The molecule has 0 spiro atoms. The van der Waals surface area contributed by atoms with Gasteiger partial charge in [0.1, 0.15) is 9.73 Å². The Hall–Kier alpha value is -1.94. The van der Waals surface area contributed by atoms with Crippen LogP contribution in [0.3, 0.4) is 0 Å². The summed E-state index contributed by atoms with van der Waals surface area (Å²) in [4.78, 5) is 16.8. The summed E-state index contributed by atoms with van der Waals surface area (Å²) >= 11 is 6.75. The maximum absolute atomic E-state index is 12.5. The molecular formula is C18H20ClN3O4S2. The van der Waals surface area contributed by atoms with Gasteiger partial charge >= 0.3 is 0 Å². The lowest BCUT2D eigenvalue weighted by molar-refractivity contribution is -0.116. The molecule has 1 amide bonds. The predicted molar refractivity (Wildman–Crippen MR) is 110 cm³/mol. The summed E-state index contributed by atoms with van der Waals surface area (Å²) in [6, 6.07) is 8.03. The van der Waals surface area contributed by atoms with Crippen LogP contribution in [0, 0.1) is 0 Å². The lowest BCUT2D eigenvalue weighted by atomic mass is 9.97. The number of aromatic nitrogens is 1. The minimum absolute atomic E-state index is 0.0894. The molecule has 0 aliphatic heterocycles. The van der Waals surface area contributed by atoms with E-state index >= 15 is 0 Å². The largest absolute Gasteiger partial charge is 0.440 e. The SMILES string of the molecule is CN(CC(=O)Nc1ccc2oc(C(C)(C)C)nc2c1)S(=O)(=O)c1ccc(Cl)s1. The molecule has 2 aromatic heterocycles. The first-order chi connectivity index (χ1) is 13.0. The van der Waals surface area contributed by atoms with E-state index in [1.165, 1.54) is 19.2 Å². The first kappa shape index (κ1) is 20.8. The number of benzene rings is 1. The highest BCUT2D eigenvalue weighted by Gasteiger charge is 2.25. The number of nitrogens with one attached hydrogen (secondary N) is 1. The van der Waals surface area contributed by atoms with Gasteiger partial charge in [0.15, 0.2) is 5.58 Å².